The molecule has 2 unspecified atom stereocenters. The zero-order chi connectivity index (χ0) is 13.8. The highest BCUT2D eigenvalue weighted by atomic mass is 79.9. The van der Waals surface area contributed by atoms with E-state index in [1.165, 1.54) is 0 Å². The van der Waals surface area contributed by atoms with Crippen LogP contribution in [0, 0.1) is 0 Å². The van der Waals surface area contributed by atoms with Crippen molar-refractivity contribution in [2.24, 2.45) is 0 Å². The van der Waals surface area contributed by atoms with Crippen molar-refractivity contribution < 1.29 is 13.7 Å². The van der Waals surface area contributed by atoms with E-state index in [0.29, 0.717) is 13.2 Å². The van der Waals surface area contributed by atoms with Crippen molar-refractivity contribution in [2.45, 2.75) is 18.7 Å². The van der Waals surface area contributed by atoms with Crippen molar-refractivity contribution in [2.75, 3.05) is 26.0 Å². The first-order chi connectivity index (χ1) is 9.08. The molecule has 1 aliphatic heterocycles. The van der Waals surface area contributed by atoms with Crippen LogP contribution in [0.15, 0.2) is 16.6 Å². The quantitative estimate of drug-likeness (QED) is 0.885. The van der Waals surface area contributed by atoms with E-state index >= 15 is 0 Å². The number of rotatable bonds is 5. The van der Waals surface area contributed by atoms with Gasteiger partial charge in [0.25, 0.3) is 0 Å². The summed E-state index contributed by atoms with van der Waals surface area (Å²) in [6, 6.07) is 4.01. The maximum Gasteiger partial charge on any atom is 0.175 e. The average molecular weight is 348 g/mol. The lowest BCUT2D eigenvalue weighted by Gasteiger charge is -2.20. The number of halogens is 1. The molecule has 19 heavy (non-hydrogen) atoms. The van der Waals surface area contributed by atoms with Crippen LogP contribution in [0.3, 0.4) is 0 Å². The van der Waals surface area contributed by atoms with Crippen LogP contribution in [-0.2, 0) is 17.3 Å². The van der Waals surface area contributed by atoms with Crippen LogP contribution in [0.5, 0.6) is 11.5 Å². The SMILES string of the molecule is CC(CNCc1cc(Br)c2c(c1)OCCO2)S(C)=O. The van der Waals surface area contributed by atoms with Crippen LogP contribution in [0.1, 0.15) is 12.5 Å². The Labute approximate surface area is 124 Å². The molecule has 4 nitrogen and oxygen atoms in total. The minimum atomic E-state index is -0.791. The zero-order valence-corrected chi connectivity index (χ0v) is 13.5. The van der Waals surface area contributed by atoms with E-state index < -0.39 is 10.8 Å². The van der Waals surface area contributed by atoms with Crippen LogP contribution < -0.4 is 14.8 Å². The second-order valence-corrected chi connectivity index (χ2v) is 7.20. The molecule has 0 aromatic heterocycles. The van der Waals surface area contributed by atoms with Gasteiger partial charge in [-0.25, -0.2) is 0 Å². The van der Waals surface area contributed by atoms with Crippen LogP contribution in [-0.4, -0.2) is 35.5 Å². The summed E-state index contributed by atoms with van der Waals surface area (Å²) in [6.45, 7) is 4.60. The van der Waals surface area contributed by atoms with E-state index in [1.807, 2.05) is 19.1 Å². The van der Waals surface area contributed by atoms with E-state index in [1.54, 1.807) is 6.26 Å². The predicted molar refractivity (Wildman–Crippen MR) is 80.4 cm³/mol. The van der Waals surface area contributed by atoms with Crippen molar-refractivity contribution in [1.29, 1.82) is 0 Å². The molecule has 2 rings (SSSR count). The molecule has 0 fully saturated rings. The van der Waals surface area contributed by atoms with E-state index in [4.69, 9.17) is 9.47 Å². The Balaban J connectivity index is 1.98. The second-order valence-electron chi connectivity index (χ2n) is 4.54. The predicted octanol–water partition coefficient (Wildman–Crippen LogP) is 2.08. The number of nitrogens with one attached hydrogen (secondary N) is 1. The van der Waals surface area contributed by atoms with Crippen LogP contribution in [0.25, 0.3) is 0 Å². The number of ether oxygens (including phenoxy) is 2. The van der Waals surface area contributed by atoms with E-state index in [0.717, 1.165) is 34.6 Å². The van der Waals surface area contributed by atoms with Gasteiger partial charge >= 0.3 is 0 Å². The normalized spacial score (nSPS) is 17.0. The lowest BCUT2D eigenvalue weighted by Crippen LogP contribution is -2.27. The Bertz CT molecular complexity index is 481. The Morgan fingerprint density at radius 2 is 2.16 bits per heavy atom. The Hall–Kier alpha value is -0.590. The largest absolute Gasteiger partial charge is 0.486 e. The molecule has 106 valence electrons. The third kappa shape index (κ3) is 3.94. The molecular weight excluding hydrogens is 330 g/mol. The molecule has 1 aromatic carbocycles. The van der Waals surface area contributed by atoms with Crippen LogP contribution >= 0.6 is 15.9 Å². The first-order valence-corrected chi connectivity index (χ1v) is 8.60. The topological polar surface area (TPSA) is 47.6 Å². The van der Waals surface area contributed by atoms with Crippen molar-refractivity contribution in [3.05, 3.63) is 22.2 Å². The first kappa shape index (κ1) is 14.8. The van der Waals surface area contributed by atoms with E-state index in [2.05, 4.69) is 21.2 Å². The zero-order valence-electron chi connectivity index (χ0n) is 11.1. The average Bonchev–Trinajstić information content (AvgIpc) is 2.38. The van der Waals surface area contributed by atoms with Crippen molar-refractivity contribution in [3.63, 3.8) is 0 Å². The summed E-state index contributed by atoms with van der Waals surface area (Å²) in [5, 5.41) is 3.46. The van der Waals surface area contributed by atoms with Crippen molar-refractivity contribution >= 4 is 26.7 Å². The molecule has 1 N–H and O–H groups in total. The summed E-state index contributed by atoms with van der Waals surface area (Å²) in [7, 11) is -0.791. The number of hydrogen-bond donors (Lipinski definition) is 1. The molecule has 2 atom stereocenters. The molecule has 0 spiro atoms. The third-order valence-corrected chi connectivity index (χ3v) is 4.87. The molecule has 0 amide bonds. The highest BCUT2D eigenvalue weighted by molar-refractivity contribution is 9.10. The molecule has 6 heteroatoms. The molecule has 0 radical (unpaired) electrons. The maximum absolute atomic E-state index is 11.3. The van der Waals surface area contributed by atoms with E-state index in [-0.39, 0.29) is 5.25 Å². The van der Waals surface area contributed by atoms with Gasteiger partial charge in [-0.15, -0.1) is 0 Å². The first-order valence-electron chi connectivity index (χ1n) is 6.19. The van der Waals surface area contributed by atoms with Gasteiger partial charge in [0, 0.05) is 35.4 Å². The summed E-state index contributed by atoms with van der Waals surface area (Å²) >= 11 is 3.50. The Kier molecular flexibility index (Phi) is 5.24. The van der Waals surface area contributed by atoms with Gasteiger partial charge in [-0.1, -0.05) is 0 Å². The molecule has 1 aromatic rings. The Morgan fingerprint density at radius 1 is 1.42 bits per heavy atom. The molecule has 0 saturated carbocycles. The summed E-state index contributed by atoms with van der Waals surface area (Å²) in [4.78, 5) is 0. The minimum absolute atomic E-state index is 0.153. The molecule has 1 heterocycles. The third-order valence-electron chi connectivity index (χ3n) is 2.98. The van der Waals surface area contributed by atoms with Crippen molar-refractivity contribution in [1.82, 2.24) is 5.32 Å². The Morgan fingerprint density at radius 3 is 2.89 bits per heavy atom. The van der Waals surface area contributed by atoms with Gasteiger partial charge < -0.3 is 14.8 Å². The molecule has 0 aliphatic carbocycles. The van der Waals surface area contributed by atoms with Gasteiger partial charge in [-0.3, -0.25) is 4.21 Å². The number of hydrogen-bond acceptors (Lipinski definition) is 4. The van der Waals surface area contributed by atoms with E-state index in [9.17, 15) is 4.21 Å². The van der Waals surface area contributed by atoms with Crippen LogP contribution in [0.2, 0.25) is 0 Å². The lowest BCUT2D eigenvalue weighted by atomic mass is 10.2. The fourth-order valence-corrected chi connectivity index (χ4v) is 2.76. The fourth-order valence-electron chi connectivity index (χ4n) is 1.80. The number of fused-ring (bicyclic) bond motifs is 1. The maximum atomic E-state index is 11.3. The summed E-state index contributed by atoms with van der Waals surface area (Å²) in [5.41, 5.74) is 1.12. The van der Waals surface area contributed by atoms with Gasteiger partial charge in [0.05, 0.1) is 4.47 Å². The van der Waals surface area contributed by atoms with Gasteiger partial charge in [0.2, 0.25) is 0 Å². The summed E-state index contributed by atoms with van der Waals surface area (Å²) < 4.78 is 23.3. The van der Waals surface area contributed by atoms with Gasteiger partial charge in [-0.2, -0.15) is 0 Å². The summed E-state index contributed by atoms with van der Waals surface area (Å²) in [6.07, 6.45) is 1.73. The minimum Gasteiger partial charge on any atom is -0.486 e. The molecule has 1 aliphatic rings. The molecular formula is C13H18BrNO3S. The molecule has 0 saturated heterocycles. The van der Waals surface area contributed by atoms with Gasteiger partial charge in [0.1, 0.15) is 13.2 Å². The van der Waals surface area contributed by atoms with Crippen LogP contribution in [0.4, 0.5) is 0 Å². The lowest BCUT2D eigenvalue weighted by molar-refractivity contribution is 0.170. The molecule has 0 bridgehead atoms. The highest BCUT2D eigenvalue weighted by Crippen LogP contribution is 2.38. The standard InChI is InChI=1S/C13H18BrNO3S/c1-9(19(2)16)7-15-8-10-5-11(14)13-12(6-10)17-3-4-18-13/h5-6,9,15H,3-4,7-8H2,1-2H3. The van der Waals surface area contributed by atoms with Gasteiger partial charge in [-0.05, 0) is 40.5 Å². The second kappa shape index (κ2) is 6.72. The smallest absolute Gasteiger partial charge is 0.175 e. The highest BCUT2D eigenvalue weighted by Gasteiger charge is 2.16. The monoisotopic (exact) mass is 347 g/mol. The number of benzene rings is 1. The summed E-state index contributed by atoms with van der Waals surface area (Å²) in [5.74, 6) is 1.56. The van der Waals surface area contributed by atoms with Gasteiger partial charge in [0.15, 0.2) is 11.5 Å². The fraction of sp³-hybridized carbons (Fsp3) is 0.538. The van der Waals surface area contributed by atoms with Crippen molar-refractivity contribution in [3.8, 4) is 11.5 Å².